The predicted octanol–water partition coefficient (Wildman–Crippen LogP) is 1.28. The maximum atomic E-state index is 13.7. The fraction of sp³-hybridized carbons (Fsp3) is 0.0833. The molecule has 1 aromatic carbocycles. The predicted molar refractivity (Wildman–Crippen MR) is 78.7 cm³/mol. The lowest BCUT2D eigenvalue weighted by molar-refractivity contribution is 0.102. The first kappa shape index (κ1) is 15.7. The Morgan fingerprint density at radius 1 is 1.45 bits per heavy atom. The van der Waals surface area contributed by atoms with Crippen LogP contribution in [0.4, 0.5) is 20.7 Å². The first-order chi connectivity index (χ1) is 10.3. The molecule has 0 bridgehead atoms. The number of halogens is 2. The summed E-state index contributed by atoms with van der Waals surface area (Å²) < 4.78 is 14.6. The summed E-state index contributed by atoms with van der Waals surface area (Å²) >= 11 is 5.62. The van der Waals surface area contributed by atoms with Crippen LogP contribution in [0.2, 0.25) is 5.02 Å². The molecule has 2 aromatic rings. The van der Waals surface area contributed by atoms with Crippen molar-refractivity contribution in [3.8, 4) is 0 Å². The molecule has 0 fully saturated rings. The van der Waals surface area contributed by atoms with E-state index in [1.807, 2.05) is 0 Å². The molecule has 0 saturated heterocycles. The van der Waals surface area contributed by atoms with Gasteiger partial charge >= 0.3 is 6.03 Å². The molecule has 10 heteroatoms. The van der Waals surface area contributed by atoms with E-state index in [-0.39, 0.29) is 22.2 Å². The lowest BCUT2D eigenvalue weighted by atomic mass is 10.3. The van der Waals surface area contributed by atoms with Crippen molar-refractivity contribution >= 4 is 35.0 Å². The van der Waals surface area contributed by atoms with Gasteiger partial charge in [0.2, 0.25) is 0 Å². The Labute approximate surface area is 129 Å². The van der Waals surface area contributed by atoms with Gasteiger partial charge in [-0.25, -0.2) is 24.6 Å². The number of nitrogens with two attached hydrogens (primary N) is 2. The number of aromatic nitrogens is 2. The van der Waals surface area contributed by atoms with Crippen LogP contribution < -0.4 is 16.9 Å². The summed E-state index contributed by atoms with van der Waals surface area (Å²) in [5.74, 6) is 3.51. The molecule has 5 N–H and O–H groups in total. The number of hydrogen-bond donors (Lipinski definition) is 3. The quantitative estimate of drug-likeness (QED) is 0.436. The van der Waals surface area contributed by atoms with Crippen molar-refractivity contribution < 1.29 is 14.0 Å². The molecule has 0 aliphatic rings. The highest BCUT2D eigenvalue weighted by atomic mass is 35.5. The number of rotatable bonds is 2. The monoisotopic (exact) mass is 326 g/mol. The summed E-state index contributed by atoms with van der Waals surface area (Å²) in [6.07, 6.45) is 1.05. The third kappa shape index (κ3) is 2.85. The zero-order valence-electron chi connectivity index (χ0n) is 11.4. The van der Waals surface area contributed by atoms with Crippen LogP contribution in [0.1, 0.15) is 10.5 Å². The molecule has 2 amide bonds. The number of amides is 2. The van der Waals surface area contributed by atoms with Gasteiger partial charge in [-0.3, -0.25) is 9.80 Å². The number of nitrogens with one attached hydrogen (secondary N) is 1. The van der Waals surface area contributed by atoms with E-state index in [4.69, 9.17) is 23.2 Å². The third-order valence-electron chi connectivity index (χ3n) is 2.73. The Kier molecular flexibility index (Phi) is 4.29. The number of nitrogens with zero attached hydrogens (tertiary/aromatic N) is 3. The van der Waals surface area contributed by atoms with Crippen LogP contribution in [0.15, 0.2) is 24.5 Å². The van der Waals surface area contributed by atoms with Gasteiger partial charge in [0.1, 0.15) is 12.1 Å². The van der Waals surface area contributed by atoms with Crippen molar-refractivity contribution in [3.05, 3.63) is 41.1 Å². The van der Waals surface area contributed by atoms with E-state index in [1.165, 1.54) is 25.2 Å². The summed E-state index contributed by atoms with van der Waals surface area (Å²) in [6.45, 7) is 0. The van der Waals surface area contributed by atoms with Crippen molar-refractivity contribution in [2.45, 2.75) is 0 Å². The summed E-state index contributed by atoms with van der Waals surface area (Å²) in [6, 6.07) is 3.45. The highest BCUT2D eigenvalue weighted by molar-refractivity contribution is 6.31. The van der Waals surface area contributed by atoms with Crippen LogP contribution in [0.25, 0.3) is 0 Å². The van der Waals surface area contributed by atoms with Gasteiger partial charge in [-0.2, -0.15) is 0 Å². The zero-order valence-corrected chi connectivity index (χ0v) is 12.1. The van der Waals surface area contributed by atoms with Gasteiger partial charge in [-0.1, -0.05) is 17.7 Å². The average molecular weight is 327 g/mol. The van der Waals surface area contributed by atoms with E-state index in [0.717, 1.165) is 15.9 Å². The number of nitrogen functional groups attached to an aromatic ring is 1. The van der Waals surface area contributed by atoms with Crippen molar-refractivity contribution in [2.75, 3.05) is 18.1 Å². The molecule has 22 heavy (non-hydrogen) atoms. The molecule has 116 valence electrons. The number of imidazole rings is 1. The van der Waals surface area contributed by atoms with Crippen LogP contribution >= 0.6 is 11.6 Å². The van der Waals surface area contributed by atoms with Crippen molar-refractivity contribution in [2.24, 2.45) is 5.84 Å². The first-order valence-corrected chi connectivity index (χ1v) is 6.31. The standard InChI is InChI=1S/C12H12ClFN6O2/c1-19(16)12(22)20-5-17-9(10(20)15)11(21)18-7-4-2-3-6(13)8(7)14/h2-5H,15-16H2,1H3,(H,18,21). The molecular weight excluding hydrogens is 315 g/mol. The van der Waals surface area contributed by atoms with Crippen LogP contribution in [-0.4, -0.2) is 33.5 Å². The smallest absolute Gasteiger partial charge is 0.344 e. The first-order valence-electron chi connectivity index (χ1n) is 5.94. The number of hydrogen-bond acceptors (Lipinski definition) is 5. The van der Waals surface area contributed by atoms with Crippen LogP contribution in [0.3, 0.4) is 0 Å². The molecule has 2 rings (SSSR count). The molecule has 0 radical (unpaired) electrons. The molecular formula is C12H12ClFN6O2. The van der Waals surface area contributed by atoms with Crippen molar-refractivity contribution in [1.29, 1.82) is 0 Å². The molecule has 1 heterocycles. The van der Waals surface area contributed by atoms with Crippen molar-refractivity contribution in [3.63, 3.8) is 0 Å². The lowest BCUT2D eigenvalue weighted by Gasteiger charge is -2.11. The second-order valence-electron chi connectivity index (χ2n) is 4.30. The number of hydrazine groups is 1. The zero-order chi connectivity index (χ0) is 16.4. The van der Waals surface area contributed by atoms with Gasteiger partial charge < -0.3 is 11.1 Å². The Hall–Kier alpha value is -2.65. The molecule has 0 aliphatic carbocycles. The molecule has 0 atom stereocenters. The van der Waals surface area contributed by atoms with E-state index < -0.39 is 17.8 Å². The molecule has 0 aliphatic heterocycles. The maximum absolute atomic E-state index is 13.7. The van der Waals surface area contributed by atoms with E-state index in [0.29, 0.717) is 0 Å². The fourth-order valence-corrected chi connectivity index (χ4v) is 1.81. The van der Waals surface area contributed by atoms with Gasteiger partial charge in [0, 0.05) is 7.05 Å². The SMILES string of the molecule is CN(N)C(=O)n1cnc(C(=O)Nc2cccc(Cl)c2F)c1N. The largest absolute Gasteiger partial charge is 0.383 e. The number of carbonyl (C=O) groups is 2. The molecule has 0 spiro atoms. The normalized spacial score (nSPS) is 10.4. The third-order valence-corrected chi connectivity index (χ3v) is 3.02. The Balaban J connectivity index is 2.28. The van der Waals surface area contributed by atoms with Gasteiger partial charge in [-0.05, 0) is 12.1 Å². The minimum Gasteiger partial charge on any atom is -0.383 e. The summed E-state index contributed by atoms with van der Waals surface area (Å²) in [7, 11) is 1.31. The number of benzene rings is 1. The minimum absolute atomic E-state index is 0.131. The van der Waals surface area contributed by atoms with E-state index in [1.54, 1.807) is 0 Å². The van der Waals surface area contributed by atoms with Gasteiger partial charge in [0.25, 0.3) is 5.91 Å². The van der Waals surface area contributed by atoms with Crippen molar-refractivity contribution in [1.82, 2.24) is 14.6 Å². The van der Waals surface area contributed by atoms with E-state index in [9.17, 15) is 14.0 Å². The Bertz CT molecular complexity index is 745. The second-order valence-corrected chi connectivity index (χ2v) is 4.70. The van der Waals surface area contributed by atoms with Gasteiger partial charge in [-0.15, -0.1) is 0 Å². The van der Waals surface area contributed by atoms with Gasteiger partial charge in [0.15, 0.2) is 11.5 Å². The Morgan fingerprint density at radius 3 is 2.77 bits per heavy atom. The molecule has 0 saturated carbocycles. The number of carbonyl (C=O) groups excluding carboxylic acids is 2. The summed E-state index contributed by atoms with van der Waals surface area (Å²) in [5, 5.41) is 2.91. The minimum atomic E-state index is -0.787. The summed E-state index contributed by atoms with van der Waals surface area (Å²) in [5.41, 5.74) is 5.31. The topological polar surface area (TPSA) is 119 Å². The summed E-state index contributed by atoms with van der Waals surface area (Å²) in [4.78, 5) is 27.5. The Morgan fingerprint density at radius 2 is 2.14 bits per heavy atom. The highest BCUT2D eigenvalue weighted by Gasteiger charge is 2.21. The highest BCUT2D eigenvalue weighted by Crippen LogP contribution is 2.23. The second kappa shape index (κ2) is 6.00. The fourth-order valence-electron chi connectivity index (χ4n) is 1.64. The van der Waals surface area contributed by atoms with Gasteiger partial charge in [0.05, 0.1) is 10.7 Å². The number of anilines is 2. The van der Waals surface area contributed by atoms with Crippen LogP contribution in [0, 0.1) is 5.82 Å². The molecule has 1 aromatic heterocycles. The maximum Gasteiger partial charge on any atom is 0.344 e. The van der Waals surface area contributed by atoms with E-state index >= 15 is 0 Å². The van der Waals surface area contributed by atoms with E-state index in [2.05, 4.69) is 10.3 Å². The molecule has 8 nitrogen and oxygen atoms in total. The average Bonchev–Trinajstić information content (AvgIpc) is 2.84. The molecule has 0 unspecified atom stereocenters. The lowest BCUT2D eigenvalue weighted by Crippen LogP contribution is -2.37. The van der Waals surface area contributed by atoms with Crippen LogP contribution in [0.5, 0.6) is 0 Å². The van der Waals surface area contributed by atoms with Crippen LogP contribution in [-0.2, 0) is 0 Å².